The average Bonchev–Trinajstić information content (AvgIpc) is 2.53. The van der Waals surface area contributed by atoms with Gasteiger partial charge in [-0.25, -0.2) is 0 Å². The highest BCUT2D eigenvalue weighted by atomic mass is 14.3. The maximum atomic E-state index is 2.43. The summed E-state index contributed by atoms with van der Waals surface area (Å²) >= 11 is 0. The fourth-order valence-electron chi connectivity index (χ4n) is 3.95. The second-order valence-electron chi connectivity index (χ2n) is 9.54. The van der Waals surface area contributed by atoms with Crippen LogP contribution in [0.25, 0.3) is 0 Å². The second kappa shape index (κ2) is 9.07. The van der Waals surface area contributed by atoms with Crippen molar-refractivity contribution in [3.63, 3.8) is 0 Å². The molecule has 0 saturated carbocycles. The standard InChI is InChI=1S/C26H42/c1-12-24-18(4)13-14-19(5)25(24)21(7)20(6)16-23(15-17(2)3)22(8)26(9,10)11/h13-15,20-21H,12,16H2,1-11H3. The van der Waals surface area contributed by atoms with Crippen LogP contribution in [-0.2, 0) is 6.42 Å². The molecule has 0 heterocycles. The van der Waals surface area contributed by atoms with Crippen molar-refractivity contribution in [1.82, 2.24) is 0 Å². The smallest absolute Gasteiger partial charge is 0.0156 e. The Morgan fingerprint density at radius 1 is 1.00 bits per heavy atom. The van der Waals surface area contributed by atoms with Crippen molar-refractivity contribution in [2.24, 2.45) is 11.3 Å². The minimum atomic E-state index is 0.220. The van der Waals surface area contributed by atoms with E-state index in [1.54, 1.807) is 11.1 Å². The number of allylic oxidation sites excluding steroid dienone is 4. The van der Waals surface area contributed by atoms with Crippen molar-refractivity contribution in [2.45, 2.75) is 94.9 Å². The molecular formula is C26H42. The highest BCUT2D eigenvalue weighted by Gasteiger charge is 2.23. The van der Waals surface area contributed by atoms with Gasteiger partial charge in [0.25, 0.3) is 0 Å². The van der Waals surface area contributed by atoms with Crippen LogP contribution < -0.4 is 0 Å². The van der Waals surface area contributed by atoms with E-state index in [4.69, 9.17) is 0 Å². The molecule has 0 heteroatoms. The zero-order valence-corrected chi connectivity index (χ0v) is 19.3. The van der Waals surface area contributed by atoms with E-state index in [9.17, 15) is 0 Å². The molecule has 0 amide bonds. The number of hydrogen-bond acceptors (Lipinski definition) is 0. The molecule has 1 rings (SSSR count). The van der Waals surface area contributed by atoms with Gasteiger partial charge in [0.2, 0.25) is 0 Å². The van der Waals surface area contributed by atoms with E-state index in [-0.39, 0.29) is 5.41 Å². The van der Waals surface area contributed by atoms with Gasteiger partial charge in [0.05, 0.1) is 0 Å². The molecule has 0 nitrogen and oxygen atoms in total. The maximum Gasteiger partial charge on any atom is -0.0156 e. The van der Waals surface area contributed by atoms with Crippen LogP contribution in [-0.4, -0.2) is 0 Å². The fourth-order valence-corrected chi connectivity index (χ4v) is 3.95. The molecule has 0 fully saturated rings. The van der Waals surface area contributed by atoms with Crippen LogP contribution in [0.4, 0.5) is 0 Å². The third-order valence-corrected chi connectivity index (χ3v) is 6.08. The van der Waals surface area contributed by atoms with E-state index >= 15 is 0 Å². The van der Waals surface area contributed by atoms with Gasteiger partial charge in [-0.2, -0.15) is 0 Å². The lowest BCUT2D eigenvalue weighted by Crippen LogP contribution is -2.15. The molecule has 0 aliphatic carbocycles. The minimum absolute atomic E-state index is 0.220. The Bertz CT molecular complexity index is 673. The predicted octanol–water partition coefficient (Wildman–Crippen LogP) is 8.32. The first-order valence-corrected chi connectivity index (χ1v) is 10.3. The monoisotopic (exact) mass is 354 g/mol. The highest BCUT2D eigenvalue weighted by molar-refractivity contribution is 5.43. The Labute approximate surface area is 163 Å². The van der Waals surface area contributed by atoms with E-state index < -0.39 is 0 Å². The van der Waals surface area contributed by atoms with Gasteiger partial charge in [-0.1, -0.05) is 70.9 Å². The van der Waals surface area contributed by atoms with Gasteiger partial charge >= 0.3 is 0 Å². The van der Waals surface area contributed by atoms with Gasteiger partial charge < -0.3 is 0 Å². The van der Waals surface area contributed by atoms with Gasteiger partial charge in [0, 0.05) is 0 Å². The summed E-state index contributed by atoms with van der Waals surface area (Å²) in [7, 11) is 0. The Balaban J connectivity index is 3.29. The molecule has 2 atom stereocenters. The number of rotatable bonds is 6. The lowest BCUT2D eigenvalue weighted by Gasteiger charge is -2.29. The summed E-state index contributed by atoms with van der Waals surface area (Å²) in [5.41, 5.74) is 10.7. The summed E-state index contributed by atoms with van der Waals surface area (Å²) in [6, 6.07) is 4.59. The minimum Gasteiger partial charge on any atom is -0.0762 e. The van der Waals surface area contributed by atoms with Crippen molar-refractivity contribution in [3.05, 3.63) is 57.2 Å². The van der Waals surface area contributed by atoms with Crippen molar-refractivity contribution in [3.8, 4) is 0 Å². The summed E-state index contributed by atoms with van der Waals surface area (Å²) in [6.45, 7) is 25.4. The molecule has 0 N–H and O–H groups in total. The Morgan fingerprint density at radius 3 is 2.00 bits per heavy atom. The molecule has 1 aromatic rings. The van der Waals surface area contributed by atoms with Gasteiger partial charge in [0.1, 0.15) is 0 Å². The second-order valence-corrected chi connectivity index (χ2v) is 9.54. The molecule has 146 valence electrons. The third-order valence-electron chi connectivity index (χ3n) is 6.08. The van der Waals surface area contributed by atoms with E-state index in [1.165, 1.54) is 27.8 Å². The first-order valence-electron chi connectivity index (χ1n) is 10.3. The zero-order chi connectivity index (χ0) is 20.2. The van der Waals surface area contributed by atoms with Crippen molar-refractivity contribution < 1.29 is 0 Å². The largest absolute Gasteiger partial charge is 0.0762 e. The summed E-state index contributed by atoms with van der Waals surface area (Å²) in [5, 5.41) is 0. The van der Waals surface area contributed by atoms with Gasteiger partial charge in [-0.05, 0) is 92.5 Å². The molecule has 1 aromatic carbocycles. The molecule has 0 bridgehead atoms. The van der Waals surface area contributed by atoms with Crippen LogP contribution in [0.3, 0.4) is 0 Å². The maximum absolute atomic E-state index is 2.43. The van der Waals surface area contributed by atoms with Crippen LogP contribution >= 0.6 is 0 Å². The number of hydrogen-bond donors (Lipinski definition) is 0. The molecule has 0 aliphatic rings. The van der Waals surface area contributed by atoms with Crippen LogP contribution in [0.1, 0.15) is 96.9 Å². The molecule has 0 radical (unpaired) electrons. The summed E-state index contributed by atoms with van der Waals surface area (Å²) in [4.78, 5) is 0. The average molecular weight is 355 g/mol. The summed E-state index contributed by atoms with van der Waals surface area (Å²) < 4.78 is 0. The van der Waals surface area contributed by atoms with E-state index in [0.29, 0.717) is 11.8 Å². The van der Waals surface area contributed by atoms with Crippen LogP contribution in [0.2, 0.25) is 0 Å². The van der Waals surface area contributed by atoms with Crippen LogP contribution in [0, 0.1) is 25.2 Å². The SMILES string of the molecule is CCc1c(C)ccc(C)c1C(C)C(C)CC(C=C(C)C)=C(C)C(C)(C)C. The first kappa shape index (κ1) is 22.7. The number of aryl methyl sites for hydroxylation is 2. The third kappa shape index (κ3) is 5.60. The quantitative estimate of drug-likeness (QED) is 0.450. The summed E-state index contributed by atoms with van der Waals surface area (Å²) in [5.74, 6) is 1.18. The normalized spacial score (nSPS) is 15.3. The fraction of sp³-hybridized carbons (Fsp3) is 0.615. The molecule has 2 unspecified atom stereocenters. The summed E-state index contributed by atoms with van der Waals surface area (Å²) in [6.07, 6.45) is 4.68. The zero-order valence-electron chi connectivity index (χ0n) is 19.3. The molecule has 0 saturated heterocycles. The Morgan fingerprint density at radius 2 is 1.54 bits per heavy atom. The van der Waals surface area contributed by atoms with Gasteiger partial charge in [-0.15, -0.1) is 0 Å². The topological polar surface area (TPSA) is 0 Å². The molecule has 26 heavy (non-hydrogen) atoms. The lowest BCUT2D eigenvalue weighted by atomic mass is 9.76. The Hall–Kier alpha value is -1.30. The highest BCUT2D eigenvalue weighted by Crippen LogP contribution is 2.38. The van der Waals surface area contributed by atoms with Crippen LogP contribution in [0.15, 0.2) is 34.9 Å². The van der Waals surface area contributed by atoms with E-state index in [0.717, 1.165) is 12.8 Å². The van der Waals surface area contributed by atoms with Crippen molar-refractivity contribution in [1.29, 1.82) is 0 Å². The molecule has 0 spiro atoms. The van der Waals surface area contributed by atoms with E-state index in [1.807, 2.05) is 0 Å². The van der Waals surface area contributed by atoms with Crippen molar-refractivity contribution >= 4 is 0 Å². The van der Waals surface area contributed by atoms with Gasteiger partial charge in [-0.3, -0.25) is 0 Å². The molecule has 0 aromatic heterocycles. The first-order chi connectivity index (χ1) is 11.9. The van der Waals surface area contributed by atoms with Gasteiger partial charge in [0.15, 0.2) is 0 Å². The predicted molar refractivity (Wildman–Crippen MR) is 119 cm³/mol. The van der Waals surface area contributed by atoms with Crippen molar-refractivity contribution in [2.75, 3.05) is 0 Å². The van der Waals surface area contributed by atoms with Crippen LogP contribution in [0.5, 0.6) is 0 Å². The molecular weight excluding hydrogens is 312 g/mol. The lowest BCUT2D eigenvalue weighted by molar-refractivity contribution is 0.461. The number of benzene rings is 1. The van der Waals surface area contributed by atoms with E-state index in [2.05, 4.69) is 94.4 Å². The Kier molecular flexibility index (Phi) is 7.93. The molecule has 0 aliphatic heterocycles.